The first-order valence-corrected chi connectivity index (χ1v) is 8.53. The lowest BCUT2D eigenvalue weighted by Crippen LogP contribution is -2.07. The van der Waals surface area contributed by atoms with Crippen LogP contribution in [0.15, 0.2) is 45.6 Å². The van der Waals surface area contributed by atoms with Gasteiger partial charge in [-0.1, -0.05) is 35.3 Å². The third kappa shape index (κ3) is 2.79. The maximum Gasteiger partial charge on any atom is 0.339 e. The Morgan fingerprint density at radius 2 is 1.92 bits per heavy atom. The van der Waals surface area contributed by atoms with Gasteiger partial charge in [-0.25, -0.2) is 4.79 Å². The van der Waals surface area contributed by atoms with E-state index in [1.54, 1.807) is 6.07 Å². The summed E-state index contributed by atoms with van der Waals surface area (Å²) in [4.78, 5) is 12.1. The van der Waals surface area contributed by atoms with Gasteiger partial charge in [0.25, 0.3) is 0 Å². The fourth-order valence-corrected chi connectivity index (χ4v) is 3.61. The Labute approximate surface area is 148 Å². The van der Waals surface area contributed by atoms with Crippen molar-refractivity contribution in [1.29, 1.82) is 0 Å². The predicted molar refractivity (Wildman–Crippen MR) is 95.3 cm³/mol. The molecule has 1 aliphatic rings. The van der Waals surface area contributed by atoms with Crippen LogP contribution in [0.1, 0.15) is 23.1 Å². The summed E-state index contributed by atoms with van der Waals surface area (Å²) in [6.45, 7) is 0.334. The summed E-state index contributed by atoms with van der Waals surface area (Å²) in [5, 5.41) is 2.07. The highest BCUT2D eigenvalue weighted by Crippen LogP contribution is 2.35. The van der Waals surface area contributed by atoms with Gasteiger partial charge in [0.05, 0.1) is 5.02 Å². The lowest BCUT2D eigenvalue weighted by molar-refractivity contribution is 0.306. The van der Waals surface area contributed by atoms with Gasteiger partial charge in [0.15, 0.2) is 0 Å². The zero-order valence-corrected chi connectivity index (χ0v) is 14.3. The molecule has 0 amide bonds. The number of benzene rings is 2. The first kappa shape index (κ1) is 15.6. The van der Waals surface area contributed by atoms with Crippen LogP contribution in [0.5, 0.6) is 5.75 Å². The van der Waals surface area contributed by atoms with Gasteiger partial charge in [-0.05, 0) is 48.6 Å². The fourth-order valence-electron chi connectivity index (χ4n) is 3.18. The maximum atomic E-state index is 12.1. The molecule has 1 heterocycles. The second-order valence-corrected chi connectivity index (χ2v) is 6.74. The number of hydrogen-bond acceptors (Lipinski definition) is 3. The van der Waals surface area contributed by atoms with Crippen molar-refractivity contribution >= 4 is 34.2 Å². The van der Waals surface area contributed by atoms with Crippen LogP contribution in [0, 0.1) is 0 Å². The van der Waals surface area contributed by atoms with E-state index in [9.17, 15) is 4.79 Å². The summed E-state index contributed by atoms with van der Waals surface area (Å²) in [6, 6.07) is 11.0. The van der Waals surface area contributed by atoms with Crippen LogP contribution in [0.3, 0.4) is 0 Å². The van der Waals surface area contributed by atoms with Gasteiger partial charge in [-0.2, -0.15) is 0 Å². The van der Waals surface area contributed by atoms with Crippen LogP contribution in [-0.2, 0) is 19.4 Å². The summed E-state index contributed by atoms with van der Waals surface area (Å²) < 4.78 is 11.2. The Morgan fingerprint density at radius 1 is 1.08 bits per heavy atom. The van der Waals surface area contributed by atoms with Crippen molar-refractivity contribution in [3.8, 4) is 5.75 Å². The summed E-state index contributed by atoms with van der Waals surface area (Å²) >= 11 is 12.3. The van der Waals surface area contributed by atoms with E-state index in [2.05, 4.69) is 0 Å². The maximum absolute atomic E-state index is 12.1. The van der Waals surface area contributed by atoms with Crippen molar-refractivity contribution in [2.45, 2.75) is 25.9 Å². The average Bonchev–Trinajstić information content (AvgIpc) is 3.05. The van der Waals surface area contributed by atoms with E-state index in [-0.39, 0.29) is 5.63 Å². The molecule has 4 rings (SSSR count). The number of rotatable bonds is 3. The fraction of sp³-hybridized carbons (Fsp3) is 0.211. The third-order valence-corrected chi connectivity index (χ3v) is 4.84. The topological polar surface area (TPSA) is 39.4 Å². The van der Waals surface area contributed by atoms with Gasteiger partial charge in [-0.15, -0.1) is 0 Å². The van der Waals surface area contributed by atoms with E-state index in [1.165, 1.54) is 0 Å². The van der Waals surface area contributed by atoms with E-state index in [1.807, 2.05) is 30.3 Å². The van der Waals surface area contributed by atoms with Crippen molar-refractivity contribution in [2.24, 2.45) is 0 Å². The summed E-state index contributed by atoms with van der Waals surface area (Å²) in [5.74, 6) is 0.491. The zero-order valence-electron chi connectivity index (χ0n) is 12.8. The first-order valence-electron chi connectivity index (χ1n) is 7.77. The highest BCUT2D eigenvalue weighted by atomic mass is 35.5. The molecular weight excluding hydrogens is 347 g/mol. The number of aryl methyl sites for hydroxylation is 1. The lowest BCUT2D eigenvalue weighted by Gasteiger charge is -2.11. The molecule has 24 heavy (non-hydrogen) atoms. The molecule has 0 saturated heterocycles. The van der Waals surface area contributed by atoms with E-state index in [0.717, 1.165) is 41.3 Å². The minimum absolute atomic E-state index is 0.252. The van der Waals surface area contributed by atoms with Crippen molar-refractivity contribution in [2.75, 3.05) is 0 Å². The molecule has 1 aliphatic carbocycles. The molecule has 3 aromatic rings. The molecule has 0 saturated carbocycles. The molecule has 122 valence electrons. The number of ether oxygens (including phenoxy) is 1. The van der Waals surface area contributed by atoms with Crippen molar-refractivity contribution < 1.29 is 9.15 Å². The van der Waals surface area contributed by atoms with Crippen LogP contribution in [0.2, 0.25) is 10.0 Å². The van der Waals surface area contributed by atoms with E-state index in [0.29, 0.717) is 28.0 Å². The molecule has 0 radical (unpaired) electrons. The van der Waals surface area contributed by atoms with Gasteiger partial charge in [-0.3, -0.25) is 0 Å². The molecule has 1 aromatic heterocycles. The normalized spacial score (nSPS) is 13.2. The first-order chi connectivity index (χ1) is 11.6. The van der Waals surface area contributed by atoms with Crippen LogP contribution in [0.4, 0.5) is 0 Å². The number of halogens is 2. The smallest absolute Gasteiger partial charge is 0.339 e. The van der Waals surface area contributed by atoms with Crippen LogP contribution in [-0.4, -0.2) is 0 Å². The van der Waals surface area contributed by atoms with Gasteiger partial charge in [0.2, 0.25) is 0 Å². The second kappa shape index (κ2) is 6.15. The van der Waals surface area contributed by atoms with Crippen molar-refractivity contribution in [1.82, 2.24) is 0 Å². The summed E-state index contributed by atoms with van der Waals surface area (Å²) in [5.41, 5.74) is 3.05. The lowest BCUT2D eigenvalue weighted by atomic mass is 10.1. The van der Waals surface area contributed by atoms with Crippen LogP contribution < -0.4 is 10.4 Å². The molecule has 0 spiro atoms. The molecule has 0 aliphatic heterocycles. The Hall–Kier alpha value is -1.97. The third-order valence-electron chi connectivity index (χ3n) is 4.31. The highest BCUT2D eigenvalue weighted by molar-refractivity contribution is 6.32. The largest absolute Gasteiger partial charge is 0.487 e. The summed E-state index contributed by atoms with van der Waals surface area (Å²) in [6.07, 6.45) is 2.64. The van der Waals surface area contributed by atoms with Crippen LogP contribution >= 0.6 is 23.2 Å². The van der Waals surface area contributed by atoms with Crippen molar-refractivity contribution in [3.63, 3.8) is 0 Å². The Kier molecular flexibility index (Phi) is 3.99. The molecule has 0 N–H and O–H groups in total. The van der Waals surface area contributed by atoms with Crippen molar-refractivity contribution in [3.05, 3.63) is 73.6 Å². The SMILES string of the molecule is O=c1oc2cc(OCc3cccc(Cl)c3)c(Cl)cc2c2c1CCC2. The molecule has 3 nitrogen and oxygen atoms in total. The number of hydrogen-bond donors (Lipinski definition) is 0. The predicted octanol–water partition coefficient (Wildman–Crippen LogP) is 5.17. The quantitative estimate of drug-likeness (QED) is 0.605. The molecular formula is C19H14Cl2O3. The van der Waals surface area contributed by atoms with E-state index < -0.39 is 0 Å². The Balaban J connectivity index is 1.70. The Bertz CT molecular complexity index is 992. The van der Waals surface area contributed by atoms with E-state index in [4.69, 9.17) is 32.4 Å². The number of fused-ring (bicyclic) bond motifs is 3. The molecule has 0 unspecified atom stereocenters. The zero-order chi connectivity index (χ0) is 16.7. The molecule has 0 fully saturated rings. The molecule has 5 heteroatoms. The second-order valence-electron chi connectivity index (χ2n) is 5.90. The van der Waals surface area contributed by atoms with Crippen LogP contribution in [0.25, 0.3) is 11.0 Å². The minimum Gasteiger partial charge on any atom is -0.487 e. The standard InChI is InChI=1S/C19H14Cl2O3/c20-12-4-1-3-11(7-12)10-23-18-9-17-15(8-16(18)21)13-5-2-6-14(13)19(22)24-17/h1,3-4,7-9H,2,5-6,10H2. The van der Waals surface area contributed by atoms with Gasteiger partial charge in [0, 0.05) is 22.0 Å². The monoisotopic (exact) mass is 360 g/mol. The molecule has 2 aromatic carbocycles. The summed E-state index contributed by atoms with van der Waals surface area (Å²) in [7, 11) is 0. The minimum atomic E-state index is -0.252. The van der Waals surface area contributed by atoms with Gasteiger partial charge < -0.3 is 9.15 Å². The van der Waals surface area contributed by atoms with Gasteiger partial charge in [0.1, 0.15) is 17.9 Å². The average molecular weight is 361 g/mol. The van der Waals surface area contributed by atoms with E-state index >= 15 is 0 Å². The van der Waals surface area contributed by atoms with Gasteiger partial charge >= 0.3 is 5.63 Å². The molecule has 0 bridgehead atoms. The molecule has 0 atom stereocenters. The highest BCUT2D eigenvalue weighted by Gasteiger charge is 2.20. The Morgan fingerprint density at radius 3 is 2.75 bits per heavy atom.